The van der Waals surface area contributed by atoms with Crippen LogP contribution in [0.5, 0.6) is 0 Å². The van der Waals surface area contributed by atoms with Crippen molar-refractivity contribution in [3.63, 3.8) is 0 Å². The highest BCUT2D eigenvalue weighted by molar-refractivity contribution is 5.77. The van der Waals surface area contributed by atoms with E-state index in [2.05, 4.69) is 20.5 Å². The Morgan fingerprint density at radius 1 is 1.32 bits per heavy atom. The highest BCUT2D eigenvalue weighted by Crippen LogP contribution is 2.36. The number of piperidine rings is 1. The molecule has 116 valence electrons. The predicted molar refractivity (Wildman–Crippen MR) is 80.9 cm³/mol. The summed E-state index contributed by atoms with van der Waals surface area (Å²) in [5, 5.41) is 1.40. The van der Waals surface area contributed by atoms with Gasteiger partial charge in [-0.05, 0) is 25.0 Å². The van der Waals surface area contributed by atoms with Gasteiger partial charge in [-0.25, -0.2) is 10.0 Å². The molecule has 0 aromatic carbocycles. The lowest BCUT2D eigenvalue weighted by Crippen LogP contribution is -2.44. The first kappa shape index (κ1) is 13.7. The Bertz CT molecular complexity index is 703. The summed E-state index contributed by atoms with van der Waals surface area (Å²) >= 11 is 0. The molecular weight excluding hydrogens is 280 g/mol. The molecule has 4 rings (SSSR count). The number of carbonyl (C=O) groups excluding carboxylic acids is 1. The third kappa shape index (κ3) is 2.28. The summed E-state index contributed by atoms with van der Waals surface area (Å²) in [4.78, 5) is 24.3. The van der Waals surface area contributed by atoms with Crippen molar-refractivity contribution in [3.05, 3.63) is 36.3 Å². The number of amides is 1. The van der Waals surface area contributed by atoms with Crippen molar-refractivity contribution in [2.24, 2.45) is 0 Å². The molecule has 0 unspecified atom stereocenters. The zero-order valence-electron chi connectivity index (χ0n) is 12.7. The second kappa shape index (κ2) is 5.07. The zero-order chi connectivity index (χ0) is 15.2. The molecule has 2 fully saturated rings. The maximum absolute atomic E-state index is 11.7. The van der Waals surface area contributed by atoms with Gasteiger partial charge >= 0.3 is 0 Å². The Kier molecular flexibility index (Phi) is 3.16. The molecule has 0 N–H and O–H groups in total. The van der Waals surface area contributed by atoms with Gasteiger partial charge in [0.05, 0.1) is 18.3 Å². The maximum Gasteiger partial charge on any atom is 0.248 e. The smallest absolute Gasteiger partial charge is 0.248 e. The molecule has 6 nitrogen and oxygen atoms in total. The second-order valence-electron chi connectivity index (χ2n) is 6.30. The molecule has 4 heterocycles. The van der Waals surface area contributed by atoms with Crippen LogP contribution in [0.4, 0.5) is 0 Å². The van der Waals surface area contributed by atoms with E-state index in [9.17, 15) is 4.79 Å². The van der Waals surface area contributed by atoms with Crippen molar-refractivity contribution < 1.29 is 9.63 Å². The summed E-state index contributed by atoms with van der Waals surface area (Å²) in [7, 11) is 1.71. The molecule has 0 aliphatic carbocycles. The van der Waals surface area contributed by atoms with E-state index >= 15 is 0 Å². The fourth-order valence-electron chi connectivity index (χ4n) is 3.48. The monoisotopic (exact) mass is 300 g/mol. The summed E-state index contributed by atoms with van der Waals surface area (Å²) in [5.41, 5.74) is 1.92. The number of hydrogen-bond donors (Lipinski definition) is 0. The standard InChI is InChI=1S/C16H20N4O2/c1-18-15(21)10-16(22-18)5-8-19(9-6-16)12-13-11-17-14-4-2-3-7-20(13)14/h2-4,7,11H,5-6,8-10,12H2,1H3. The Labute approximate surface area is 129 Å². The van der Waals surface area contributed by atoms with Gasteiger partial charge in [0, 0.05) is 32.9 Å². The van der Waals surface area contributed by atoms with Crippen LogP contribution >= 0.6 is 0 Å². The number of carbonyl (C=O) groups is 1. The lowest BCUT2D eigenvalue weighted by molar-refractivity contribution is -0.199. The third-order valence-corrected chi connectivity index (χ3v) is 4.80. The van der Waals surface area contributed by atoms with E-state index in [0.717, 1.165) is 38.1 Å². The van der Waals surface area contributed by atoms with Gasteiger partial charge in [0.15, 0.2) is 0 Å². The van der Waals surface area contributed by atoms with Crippen molar-refractivity contribution in [2.45, 2.75) is 31.4 Å². The number of hydroxylamine groups is 2. The van der Waals surface area contributed by atoms with Gasteiger partial charge in [-0.1, -0.05) is 6.07 Å². The van der Waals surface area contributed by atoms with Crippen molar-refractivity contribution in [3.8, 4) is 0 Å². The van der Waals surface area contributed by atoms with Crippen LogP contribution in [0.25, 0.3) is 5.65 Å². The van der Waals surface area contributed by atoms with E-state index in [1.165, 1.54) is 10.8 Å². The number of imidazole rings is 1. The van der Waals surface area contributed by atoms with Crippen LogP contribution in [0.2, 0.25) is 0 Å². The molecule has 2 saturated heterocycles. The lowest BCUT2D eigenvalue weighted by Gasteiger charge is -2.37. The van der Waals surface area contributed by atoms with Crippen molar-refractivity contribution in [1.82, 2.24) is 19.3 Å². The molecular formula is C16H20N4O2. The summed E-state index contributed by atoms with van der Waals surface area (Å²) in [5.74, 6) is 0.0928. The third-order valence-electron chi connectivity index (χ3n) is 4.80. The molecule has 2 aliphatic rings. The number of nitrogens with zero attached hydrogens (tertiary/aromatic N) is 4. The van der Waals surface area contributed by atoms with E-state index in [-0.39, 0.29) is 11.5 Å². The van der Waals surface area contributed by atoms with Crippen LogP contribution in [0.3, 0.4) is 0 Å². The largest absolute Gasteiger partial charge is 0.303 e. The number of hydrogen-bond acceptors (Lipinski definition) is 4. The van der Waals surface area contributed by atoms with Crippen LogP contribution in [-0.4, -0.2) is 51.0 Å². The Balaban J connectivity index is 1.43. The van der Waals surface area contributed by atoms with Gasteiger partial charge in [-0.3, -0.25) is 14.5 Å². The SMILES string of the molecule is CN1OC2(CCN(Cc3cnc4ccccn34)CC2)CC1=O. The average molecular weight is 300 g/mol. The second-order valence-corrected chi connectivity index (χ2v) is 6.30. The van der Waals surface area contributed by atoms with E-state index in [1.54, 1.807) is 7.05 Å². The van der Waals surface area contributed by atoms with Crippen molar-refractivity contribution in [2.75, 3.05) is 20.1 Å². The zero-order valence-corrected chi connectivity index (χ0v) is 12.7. The van der Waals surface area contributed by atoms with Crippen molar-refractivity contribution in [1.29, 1.82) is 0 Å². The maximum atomic E-state index is 11.7. The molecule has 1 amide bonds. The quantitative estimate of drug-likeness (QED) is 0.842. The molecule has 22 heavy (non-hydrogen) atoms. The Hall–Kier alpha value is -1.92. The minimum atomic E-state index is -0.262. The molecule has 0 saturated carbocycles. The van der Waals surface area contributed by atoms with E-state index < -0.39 is 0 Å². The van der Waals surface area contributed by atoms with E-state index in [0.29, 0.717) is 6.42 Å². The Morgan fingerprint density at radius 3 is 2.86 bits per heavy atom. The van der Waals surface area contributed by atoms with Crippen LogP contribution in [0, 0.1) is 0 Å². The number of aromatic nitrogens is 2. The first-order valence-electron chi connectivity index (χ1n) is 7.74. The molecule has 0 radical (unpaired) electrons. The van der Waals surface area contributed by atoms with Crippen LogP contribution < -0.4 is 0 Å². The normalized spacial score (nSPS) is 22.0. The summed E-state index contributed by atoms with van der Waals surface area (Å²) < 4.78 is 2.13. The van der Waals surface area contributed by atoms with Crippen LogP contribution in [-0.2, 0) is 16.2 Å². The summed E-state index contributed by atoms with van der Waals surface area (Å²) in [6, 6.07) is 6.04. The first-order chi connectivity index (χ1) is 10.7. The van der Waals surface area contributed by atoms with E-state index in [4.69, 9.17) is 4.84 Å². The number of rotatable bonds is 2. The lowest BCUT2D eigenvalue weighted by atomic mass is 9.88. The first-order valence-corrected chi connectivity index (χ1v) is 7.74. The molecule has 2 aromatic rings. The number of likely N-dealkylation sites (tertiary alicyclic amines) is 1. The Morgan fingerprint density at radius 2 is 2.14 bits per heavy atom. The fraction of sp³-hybridized carbons (Fsp3) is 0.500. The minimum Gasteiger partial charge on any atom is -0.303 e. The average Bonchev–Trinajstić information content (AvgIpc) is 3.04. The molecule has 6 heteroatoms. The van der Waals surface area contributed by atoms with E-state index in [1.807, 2.05) is 24.4 Å². The van der Waals surface area contributed by atoms with Gasteiger partial charge in [0.25, 0.3) is 0 Å². The topological polar surface area (TPSA) is 50.1 Å². The molecule has 0 atom stereocenters. The van der Waals surface area contributed by atoms with Gasteiger partial charge in [-0.15, -0.1) is 0 Å². The highest BCUT2D eigenvalue weighted by Gasteiger charge is 2.45. The van der Waals surface area contributed by atoms with Crippen LogP contribution in [0.1, 0.15) is 25.0 Å². The van der Waals surface area contributed by atoms with Gasteiger partial charge in [0.1, 0.15) is 11.2 Å². The number of fused-ring (bicyclic) bond motifs is 1. The highest BCUT2D eigenvalue weighted by atomic mass is 16.7. The van der Waals surface area contributed by atoms with Gasteiger partial charge in [0.2, 0.25) is 5.91 Å². The molecule has 2 aliphatic heterocycles. The molecule has 0 bridgehead atoms. The molecule has 1 spiro atoms. The predicted octanol–water partition coefficient (Wildman–Crippen LogP) is 1.46. The van der Waals surface area contributed by atoms with Crippen molar-refractivity contribution >= 4 is 11.6 Å². The molecule has 2 aromatic heterocycles. The fourth-order valence-corrected chi connectivity index (χ4v) is 3.48. The summed E-state index contributed by atoms with van der Waals surface area (Å²) in [6.07, 6.45) is 6.33. The number of pyridine rings is 1. The van der Waals surface area contributed by atoms with Crippen LogP contribution in [0.15, 0.2) is 30.6 Å². The summed E-state index contributed by atoms with van der Waals surface area (Å²) in [6.45, 7) is 2.77. The van der Waals surface area contributed by atoms with Gasteiger partial charge < -0.3 is 4.40 Å². The minimum absolute atomic E-state index is 0.0928. The van der Waals surface area contributed by atoms with Gasteiger partial charge in [-0.2, -0.15) is 0 Å².